The van der Waals surface area contributed by atoms with Gasteiger partial charge in [0.25, 0.3) is 5.56 Å². The lowest BCUT2D eigenvalue weighted by molar-refractivity contribution is 0.843. The first-order valence-corrected chi connectivity index (χ1v) is 7.01. The van der Waals surface area contributed by atoms with E-state index < -0.39 is 0 Å². The zero-order valence-corrected chi connectivity index (χ0v) is 12.8. The summed E-state index contributed by atoms with van der Waals surface area (Å²) in [4.78, 5) is 15.1. The summed E-state index contributed by atoms with van der Waals surface area (Å²) in [5.74, 6) is 0. The Kier molecular flexibility index (Phi) is 4.39. The first-order valence-electron chi connectivity index (χ1n) is 6.60. The van der Waals surface area contributed by atoms with Crippen LogP contribution in [0.15, 0.2) is 23.0 Å². The molecule has 0 aliphatic heterocycles. The Hall–Kier alpha value is -1.88. The maximum absolute atomic E-state index is 12.1. The molecule has 0 saturated heterocycles. The second kappa shape index (κ2) is 6.05. The summed E-state index contributed by atoms with van der Waals surface area (Å²) in [7, 11) is 1.77. The van der Waals surface area contributed by atoms with Crippen molar-refractivity contribution in [2.75, 3.05) is 13.6 Å². The van der Waals surface area contributed by atoms with Gasteiger partial charge in [0.05, 0.1) is 5.52 Å². The minimum Gasteiger partial charge on any atom is -0.366 e. The topological polar surface area (TPSA) is 56.9 Å². The van der Waals surface area contributed by atoms with E-state index in [1.165, 1.54) is 5.56 Å². The molecule has 106 valence electrons. The summed E-state index contributed by atoms with van der Waals surface area (Å²) in [6.45, 7) is 4.71. The molecule has 0 atom stereocenters. The lowest BCUT2D eigenvalue weighted by atomic mass is 10.0. The van der Waals surface area contributed by atoms with Crippen LogP contribution in [0, 0.1) is 13.8 Å². The highest BCUT2D eigenvalue weighted by molar-refractivity contribution is 7.80. The summed E-state index contributed by atoms with van der Waals surface area (Å²) in [5.41, 5.74) is 3.98. The number of fused-ring (bicyclic) bond motifs is 1. The van der Waals surface area contributed by atoms with Crippen LogP contribution in [0.5, 0.6) is 0 Å². The molecular formula is C15H19N3OS. The minimum atomic E-state index is -0.0247. The molecule has 0 fully saturated rings. The number of H-pyrrole nitrogens is 1. The van der Waals surface area contributed by atoms with Crippen molar-refractivity contribution < 1.29 is 0 Å². The van der Waals surface area contributed by atoms with Crippen LogP contribution in [0.4, 0.5) is 0 Å². The van der Waals surface area contributed by atoms with Crippen LogP contribution in [-0.4, -0.2) is 23.7 Å². The highest BCUT2D eigenvalue weighted by atomic mass is 32.1. The van der Waals surface area contributed by atoms with Crippen molar-refractivity contribution in [1.82, 2.24) is 15.6 Å². The summed E-state index contributed by atoms with van der Waals surface area (Å²) in [6.07, 6.45) is 0.639. The van der Waals surface area contributed by atoms with Crippen LogP contribution in [0.1, 0.15) is 16.7 Å². The number of pyridine rings is 1. The summed E-state index contributed by atoms with van der Waals surface area (Å²) in [6, 6.07) is 6.08. The van der Waals surface area contributed by atoms with Crippen molar-refractivity contribution in [2.45, 2.75) is 20.3 Å². The molecule has 1 aromatic carbocycles. The van der Waals surface area contributed by atoms with E-state index in [9.17, 15) is 4.79 Å². The molecule has 0 aliphatic carbocycles. The molecule has 0 saturated carbocycles. The molecule has 1 aromatic heterocycles. The van der Waals surface area contributed by atoms with Crippen LogP contribution < -0.4 is 16.2 Å². The fourth-order valence-corrected chi connectivity index (χ4v) is 2.26. The second-order valence-electron chi connectivity index (χ2n) is 4.85. The number of nitrogens with one attached hydrogen (secondary N) is 3. The van der Waals surface area contributed by atoms with E-state index in [0.717, 1.165) is 22.0 Å². The van der Waals surface area contributed by atoms with E-state index in [1.54, 1.807) is 7.05 Å². The fourth-order valence-electron chi connectivity index (χ4n) is 2.15. The van der Waals surface area contributed by atoms with Gasteiger partial charge in [-0.05, 0) is 55.1 Å². The average molecular weight is 289 g/mol. The fraction of sp³-hybridized carbons (Fsp3) is 0.333. The van der Waals surface area contributed by atoms with E-state index in [-0.39, 0.29) is 5.56 Å². The molecule has 2 rings (SSSR count). The number of benzene rings is 1. The van der Waals surface area contributed by atoms with E-state index >= 15 is 0 Å². The molecule has 4 nitrogen and oxygen atoms in total. The predicted octanol–water partition coefficient (Wildman–Crippen LogP) is 1.78. The van der Waals surface area contributed by atoms with Crippen molar-refractivity contribution >= 4 is 28.2 Å². The highest BCUT2D eigenvalue weighted by Gasteiger charge is 2.06. The van der Waals surface area contributed by atoms with E-state index in [1.807, 2.05) is 26.0 Å². The number of hydrogen-bond acceptors (Lipinski definition) is 2. The monoisotopic (exact) mass is 289 g/mol. The second-order valence-corrected chi connectivity index (χ2v) is 5.26. The SMILES string of the molecule is CNC(=S)NCCc1cc2ccc(C)c(C)c2[nH]c1=O. The van der Waals surface area contributed by atoms with Crippen LogP contribution in [-0.2, 0) is 6.42 Å². The number of thiocarbonyl (C=S) groups is 1. The minimum absolute atomic E-state index is 0.0247. The molecule has 3 N–H and O–H groups in total. The Morgan fingerprint density at radius 2 is 2.10 bits per heavy atom. The van der Waals surface area contributed by atoms with E-state index in [2.05, 4.69) is 21.7 Å². The van der Waals surface area contributed by atoms with Gasteiger partial charge in [0.1, 0.15) is 0 Å². The van der Waals surface area contributed by atoms with Gasteiger partial charge in [-0.2, -0.15) is 0 Å². The molecule has 5 heteroatoms. The van der Waals surface area contributed by atoms with Gasteiger partial charge >= 0.3 is 0 Å². The van der Waals surface area contributed by atoms with E-state index in [4.69, 9.17) is 12.2 Å². The van der Waals surface area contributed by atoms with Gasteiger partial charge in [-0.25, -0.2) is 0 Å². The first kappa shape index (κ1) is 14.5. The number of aromatic nitrogens is 1. The Morgan fingerprint density at radius 1 is 1.35 bits per heavy atom. The third-order valence-electron chi connectivity index (χ3n) is 3.53. The van der Waals surface area contributed by atoms with Crippen LogP contribution >= 0.6 is 12.2 Å². The maximum Gasteiger partial charge on any atom is 0.251 e. The van der Waals surface area contributed by atoms with Crippen LogP contribution in [0.2, 0.25) is 0 Å². The normalized spacial score (nSPS) is 10.6. The summed E-state index contributed by atoms with van der Waals surface area (Å²) in [5, 5.41) is 7.55. The Morgan fingerprint density at radius 3 is 2.80 bits per heavy atom. The van der Waals surface area contributed by atoms with Gasteiger partial charge in [-0.3, -0.25) is 4.79 Å². The molecular weight excluding hydrogens is 270 g/mol. The molecule has 20 heavy (non-hydrogen) atoms. The van der Waals surface area contributed by atoms with Crippen molar-refractivity contribution in [3.8, 4) is 0 Å². The molecule has 0 spiro atoms. The standard InChI is InChI=1S/C15H19N3OS/c1-9-4-5-11-8-12(6-7-17-15(20)16-3)14(19)18-13(11)10(9)2/h4-5,8H,6-7H2,1-3H3,(H,18,19)(H2,16,17,20). The summed E-state index contributed by atoms with van der Waals surface area (Å²) >= 11 is 5.00. The highest BCUT2D eigenvalue weighted by Crippen LogP contribution is 2.18. The molecule has 0 bridgehead atoms. The van der Waals surface area contributed by atoms with Gasteiger partial charge in [-0.15, -0.1) is 0 Å². The predicted molar refractivity (Wildman–Crippen MR) is 87.4 cm³/mol. The van der Waals surface area contributed by atoms with Crippen LogP contribution in [0.3, 0.4) is 0 Å². The smallest absolute Gasteiger partial charge is 0.251 e. The van der Waals surface area contributed by atoms with E-state index in [0.29, 0.717) is 18.1 Å². The lowest BCUT2D eigenvalue weighted by Gasteiger charge is -2.09. The number of hydrogen-bond donors (Lipinski definition) is 3. The number of aromatic amines is 1. The van der Waals surface area contributed by atoms with Crippen molar-refractivity contribution in [1.29, 1.82) is 0 Å². The van der Waals surface area contributed by atoms with Crippen molar-refractivity contribution in [2.24, 2.45) is 0 Å². The Bertz CT molecular complexity index is 706. The third kappa shape index (κ3) is 2.99. The molecule has 0 aliphatic rings. The first-order chi connectivity index (χ1) is 9.52. The van der Waals surface area contributed by atoms with Crippen molar-refractivity contribution in [3.05, 3.63) is 45.2 Å². The molecule has 0 radical (unpaired) electrons. The number of aryl methyl sites for hydroxylation is 2. The molecule has 0 amide bonds. The third-order valence-corrected chi connectivity index (χ3v) is 3.88. The molecule has 2 aromatic rings. The van der Waals surface area contributed by atoms with Gasteiger partial charge in [0.2, 0.25) is 0 Å². The zero-order chi connectivity index (χ0) is 14.7. The Labute approximate surface area is 123 Å². The Balaban J connectivity index is 2.27. The van der Waals surface area contributed by atoms with Gasteiger partial charge in [0, 0.05) is 19.2 Å². The van der Waals surface area contributed by atoms with Gasteiger partial charge < -0.3 is 15.6 Å². The largest absolute Gasteiger partial charge is 0.366 e. The lowest BCUT2D eigenvalue weighted by Crippen LogP contribution is -2.34. The molecule has 1 heterocycles. The van der Waals surface area contributed by atoms with Crippen molar-refractivity contribution in [3.63, 3.8) is 0 Å². The molecule has 0 unspecified atom stereocenters. The quantitative estimate of drug-likeness (QED) is 0.754. The van der Waals surface area contributed by atoms with Crippen LogP contribution in [0.25, 0.3) is 10.9 Å². The summed E-state index contributed by atoms with van der Waals surface area (Å²) < 4.78 is 0. The zero-order valence-electron chi connectivity index (χ0n) is 12.0. The number of rotatable bonds is 3. The van der Waals surface area contributed by atoms with Gasteiger partial charge in [-0.1, -0.05) is 12.1 Å². The average Bonchev–Trinajstić information content (AvgIpc) is 2.44. The van der Waals surface area contributed by atoms with Gasteiger partial charge in [0.15, 0.2) is 5.11 Å². The maximum atomic E-state index is 12.1.